The van der Waals surface area contributed by atoms with Crippen LogP contribution >= 0.6 is 0 Å². The summed E-state index contributed by atoms with van der Waals surface area (Å²) < 4.78 is 26.9. The smallest absolute Gasteiger partial charge is 0.218 e. The minimum Gasteiger partial charge on any atom is -0.315 e. The molecule has 2 heterocycles. The minimum absolute atomic E-state index is 0.211. The Morgan fingerprint density at radius 1 is 1.26 bits per heavy atom. The molecule has 0 amide bonds. The molecule has 19 heavy (non-hydrogen) atoms. The van der Waals surface area contributed by atoms with Gasteiger partial charge in [-0.1, -0.05) is 13.8 Å². The molecule has 2 rings (SSSR count). The Kier molecular flexibility index (Phi) is 5.22. The Morgan fingerprint density at radius 3 is 2.58 bits per heavy atom. The second-order valence-corrected chi connectivity index (χ2v) is 7.75. The fourth-order valence-electron chi connectivity index (χ4n) is 3.26. The Hall–Kier alpha value is -0.170. The van der Waals surface area contributed by atoms with Gasteiger partial charge in [0, 0.05) is 25.7 Å². The normalized spacial score (nSPS) is 30.1. The summed E-state index contributed by atoms with van der Waals surface area (Å²) in [6.45, 7) is 9.24. The lowest BCUT2D eigenvalue weighted by Crippen LogP contribution is -2.46. The van der Waals surface area contributed by atoms with Crippen LogP contribution in [0.4, 0.5) is 0 Å². The predicted octanol–water partition coefficient (Wildman–Crippen LogP) is 0.484. The summed E-state index contributed by atoms with van der Waals surface area (Å²) in [5.41, 5.74) is 0. The van der Waals surface area contributed by atoms with Crippen LogP contribution in [0.15, 0.2) is 0 Å². The molecule has 0 radical (unpaired) electrons. The monoisotopic (exact) mass is 289 g/mol. The maximum Gasteiger partial charge on any atom is 0.218 e. The van der Waals surface area contributed by atoms with Crippen molar-refractivity contribution in [2.24, 2.45) is 0 Å². The summed E-state index contributed by atoms with van der Waals surface area (Å²) in [5.74, 6) is 0. The quantitative estimate of drug-likeness (QED) is 0.800. The fraction of sp³-hybridized carbons (Fsp3) is 1.00. The van der Waals surface area contributed by atoms with Gasteiger partial charge in [0.1, 0.15) is 0 Å². The molecule has 0 aromatic carbocycles. The number of hydrogen-bond donors (Lipinski definition) is 1. The molecule has 112 valence electrons. The van der Waals surface area contributed by atoms with Crippen molar-refractivity contribution in [2.45, 2.75) is 44.4 Å². The van der Waals surface area contributed by atoms with Gasteiger partial charge in [-0.2, -0.15) is 0 Å². The lowest BCUT2D eigenvalue weighted by Gasteiger charge is -2.29. The zero-order valence-electron chi connectivity index (χ0n) is 12.1. The first-order chi connectivity index (χ1) is 9.09. The van der Waals surface area contributed by atoms with Gasteiger partial charge in [0.2, 0.25) is 10.0 Å². The topological polar surface area (TPSA) is 52.7 Å². The second kappa shape index (κ2) is 6.52. The maximum absolute atomic E-state index is 12.6. The van der Waals surface area contributed by atoms with Crippen LogP contribution in [-0.4, -0.2) is 68.2 Å². The standard InChI is InChI=1S/C13H27N3O2S/c1-3-15(4-2)12-7-9-16(11-12)19(17,18)13-6-5-8-14-10-13/h12-14H,3-11H2,1-2H3. The van der Waals surface area contributed by atoms with E-state index in [9.17, 15) is 8.42 Å². The van der Waals surface area contributed by atoms with Crippen molar-refractivity contribution in [3.8, 4) is 0 Å². The predicted molar refractivity (Wildman–Crippen MR) is 77.7 cm³/mol. The summed E-state index contributed by atoms with van der Waals surface area (Å²) >= 11 is 0. The highest BCUT2D eigenvalue weighted by molar-refractivity contribution is 7.89. The molecule has 6 heteroatoms. The van der Waals surface area contributed by atoms with E-state index in [4.69, 9.17) is 0 Å². The van der Waals surface area contributed by atoms with E-state index in [0.717, 1.165) is 38.9 Å². The van der Waals surface area contributed by atoms with Gasteiger partial charge >= 0.3 is 0 Å². The van der Waals surface area contributed by atoms with Crippen LogP contribution in [0, 0.1) is 0 Å². The molecule has 2 unspecified atom stereocenters. The molecule has 0 saturated carbocycles. The second-order valence-electron chi connectivity index (χ2n) is 5.54. The molecule has 5 nitrogen and oxygen atoms in total. The molecular formula is C13H27N3O2S. The van der Waals surface area contributed by atoms with E-state index in [-0.39, 0.29) is 5.25 Å². The zero-order valence-corrected chi connectivity index (χ0v) is 13.0. The van der Waals surface area contributed by atoms with E-state index >= 15 is 0 Å². The van der Waals surface area contributed by atoms with Crippen LogP contribution in [0.2, 0.25) is 0 Å². The van der Waals surface area contributed by atoms with Gasteiger partial charge in [-0.25, -0.2) is 12.7 Å². The van der Waals surface area contributed by atoms with Crippen LogP contribution < -0.4 is 5.32 Å². The molecule has 2 saturated heterocycles. The molecule has 2 atom stereocenters. The first kappa shape index (κ1) is 15.2. The van der Waals surface area contributed by atoms with Crippen LogP contribution in [0.25, 0.3) is 0 Å². The highest BCUT2D eigenvalue weighted by atomic mass is 32.2. The van der Waals surface area contributed by atoms with Gasteiger partial charge in [0.25, 0.3) is 0 Å². The van der Waals surface area contributed by atoms with E-state index in [1.165, 1.54) is 0 Å². The average Bonchev–Trinajstić information content (AvgIpc) is 2.92. The number of nitrogens with zero attached hydrogens (tertiary/aromatic N) is 2. The molecule has 1 N–H and O–H groups in total. The Morgan fingerprint density at radius 2 is 2.00 bits per heavy atom. The van der Waals surface area contributed by atoms with Crippen molar-refractivity contribution < 1.29 is 8.42 Å². The van der Waals surface area contributed by atoms with Gasteiger partial charge in [0.05, 0.1) is 5.25 Å². The van der Waals surface area contributed by atoms with Gasteiger partial charge < -0.3 is 5.32 Å². The fourth-order valence-corrected chi connectivity index (χ4v) is 5.22. The third kappa shape index (κ3) is 3.29. The number of rotatable bonds is 5. The van der Waals surface area contributed by atoms with E-state index in [1.807, 2.05) is 0 Å². The van der Waals surface area contributed by atoms with Gasteiger partial charge in [-0.3, -0.25) is 4.90 Å². The van der Waals surface area contributed by atoms with E-state index in [2.05, 4.69) is 24.1 Å². The van der Waals surface area contributed by atoms with Crippen molar-refractivity contribution in [2.75, 3.05) is 39.3 Å². The number of likely N-dealkylation sites (N-methyl/N-ethyl adjacent to an activating group) is 1. The lowest BCUT2D eigenvalue weighted by molar-refractivity contribution is 0.224. The summed E-state index contributed by atoms with van der Waals surface area (Å²) in [6.07, 6.45) is 2.75. The average molecular weight is 289 g/mol. The van der Waals surface area contributed by atoms with Crippen LogP contribution in [0.3, 0.4) is 0 Å². The molecule has 2 fully saturated rings. The summed E-state index contributed by atoms with van der Waals surface area (Å²) in [4.78, 5) is 2.37. The van der Waals surface area contributed by atoms with Crippen molar-refractivity contribution in [1.29, 1.82) is 0 Å². The van der Waals surface area contributed by atoms with Crippen LogP contribution in [-0.2, 0) is 10.0 Å². The van der Waals surface area contributed by atoms with E-state index in [0.29, 0.717) is 25.7 Å². The molecule has 0 aliphatic carbocycles. The number of piperidine rings is 1. The van der Waals surface area contributed by atoms with E-state index < -0.39 is 10.0 Å². The molecule has 0 spiro atoms. The summed E-state index contributed by atoms with van der Waals surface area (Å²) in [7, 11) is -3.10. The molecular weight excluding hydrogens is 262 g/mol. The third-order valence-corrected chi connectivity index (χ3v) is 6.78. The Labute approximate surface area is 117 Å². The largest absolute Gasteiger partial charge is 0.315 e. The first-order valence-electron chi connectivity index (χ1n) is 7.53. The number of nitrogens with one attached hydrogen (secondary N) is 1. The number of sulfonamides is 1. The maximum atomic E-state index is 12.6. The lowest BCUT2D eigenvalue weighted by atomic mass is 10.2. The molecule has 0 bridgehead atoms. The third-order valence-electron chi connectivity index (χ3n) is 4.49. The summed E-state index contributed by atoms with van der Waals surface area (Å²) in [6, 6.07) is 0.404. The van der Waals surface area contributed by atoms with Crippen LogP contribution in [0.1, 0.15) is 33.1 Å². The molecule has 0 aromatic rings. The molecule has 2 aliphatic rings. The van der Waals surface area contributed by atoms with Gasteiger partial charge in [-0.05, 0) is 38.9 Å². The van der Waals surface area contributed by atoms with E-state index in [1.54, 1.807) is 4.31 Å². The minimum atomic E-state index is -3.10. The molecule has 2 aliphatic heterocycles. The van der Waals surface area contributed by atoms with Crippen molar-refractivity contribution in [3.05, 3.63) is 0 Å². The van der Waals surface area contributed by atoms with Crippen molar-refractivity contribution in [1.82, 2.24) is 14.5 Å². The van der Waals surface area contributed by atoms with Gasteiger partial charge in [0.15, 0.2) is 0 Å². The molecule has 0 aromatic heterocycles. The van der Waals surface area contributed by atoms with Crippen molar-refractivity contribution >= 4 is 10.0 Å². The summed E-state index contributed by atoms with van der Waals surface area (Å²) in [5, 5.41) is 2.99. The first-order valence-corrected chi connectivity index (χ1v) is 9.03. The Balaban J connectivity index is 1.99. The Bertz CT molecular complexity index is 375. The highest BCUT2D eigenvalue weighted by Crippen LogP contribution is 2.23. The SMILES string of the molecule is CCN(CC)C1CCN(S(=O)(=O)C2CCCNC2)C1. The highest BCUT2D eigenvalue weighted by Gasteiger charge is 2.38. The van der Waals surface area contributed by atoms with Crippen LogP contribution in [0.5, 0.6) is 0 Å². The number of hydrogen-bond acceptors (Lipinski definition) is 4. The van der Waals surface area contributed by atoms with Crippen molar-refractivity contribution in [3.63, 3.8) is 0 Å². The zero-order chi connectivity index (χ0) is 13.9. The van der Waals surface area contributed by atoms with Gasteiger partial charge in [-0.15, -0.1) is 0 Å².